The molecule has 0 radical (unpaired) electrons. The number of hydrogen-bond acceptors (Lipinski definition) is 6. The van der Waals surface area contributed by atoms with Crippen molar-refractivity contribution < 1.29 is 14.4 Å². The molecule has 5 unspecified atom stereocenters. The van der Waals surface area contributed by atoms with Crippen LogP contribution in [0.5, 0.6) is 0 Å². The third-order valence-electron chi connectivity index (χ3n) is 7.10. The minimum atomic E-state index is -0.754. The smallest absolute Gasteiger partial charge is 0.248 e. The lowest BCUT2D eigenvalue weighted by Gasteiger charge is -2.38. The van der Waals surface area contributed by atoms with Gasteiger partial charge in [-0.1, -0.05) is 19.1 Å². The van der Waals surface area contributed by atoms with Crippen molar-refractivity contribution in [2.24, 2.45) is 17.4 Å². The summed E-state index contributed by atoms with van der Waals surface area (Å²) < 4.78 is 0. The van der Waals surface area contributed by atoms with Crippen LogP contribution in [0, 0.1) is 17.2 Å². The fraction of sp³-hybridized carbons (Fsp3) is 0.565. The highest BCUT2D eigenvalue weighted by Crippen LogP contribution is 2.38. The number of nitrogens with two attached hydrogens (primary N) is 2. The normalized spacial score (nSPS) is 29.2. The van der Waals surface area contributed by atoms with Gasteiger partial charge in [-0.25, -0.2) is 0 Å². The number of benzene rings is 1. The van der Waals surface area contributed by atoms with Crippen LogP contribution in [0.2, 0.25) is 0 Å². The van der Waals surface area contributed by atoms with Gasteiger partial charge in [-0.15, -0.1) is 0 Å². The van der Waals surface area contributed by atoms with Crippen molar-refractivity contribution in [3.63, 3.8) is 0 Å². The highest BCUT2D eigenvalue weighted by molar-refractivity contribution is 5.92. The number of nitrogens with zero attached hydrogens (tertiary/aromatic N) is 4. The van der Waals surface area contributed by atoms with E-state index < -0.39 is 18.0 Å². The first-order valence-electron chi connectivity index (χ1n) is 11.1. The Bertz CT molecular complexity index is 957. The molecule has 4 rings (SSSR count). The summed E-state index contributed by atoms with van der Waals surface area (Å²) in [7, 11) is 0. The fourth-order valence-electron chi connectivity index (χ4n) is 5.44. The summed E-state index contributed by atoms with van der Waals surface area (Å²) in [5, 5.41) is 9.34. The van der Waals surface area contributed by atoms with E-state index in [4.69, 9.17) is 11.5 Å². The first-order valence-corrected chi connectivity index (χ1v) is 11.1. The van der Waals surface area contributed by atoms with E-state index in [1.165, 1.54) is 0 Å². The predicted molar refractivity (Wildman–Crippen MR) is 117 cm³/mol. The average molecular weight is 439 g/mol. The summed E-state index contributed by atoms with van der Waals surface area (Å²) in [6, 6.07) is 7.70. The van der Waals surface area contributed by atoms with E-state index >= 15 is 0 Å². The van der Waals surface area contributed by atoms with E-state index in [-0.39, 0.29) is 35.9 Å². The second-order valence-electron chi connectivity index (χ2n) is 9.35. The van der Waals surface area contributed by atoms with E-state index in [0.717, 1.165) is 5.56 Å². The molecule has 1 aromatic rings. The van der Waals surface area contributed by atoms with Crippen LogP contribution in [0.4, 0.5) is 0 Å². The van der Waals surface area contributed by atoms with Gasteiger partial charge >= 0.3 is 0 Å². The van der Waals surface area contributed by atoms with Crippen LogP contribution >= 0.6 is 0 Å². The Morgan fingerprint density at radius 1 is 1.22 bits per heavy atom. The zero-order chi connectivity index (χ0) is 23.2. The highest BCUT2D eigenvalue weighted by atomic mass is 16.2. The maximum atomic E-state index is 13.1. The largest absolute Gasteiger partial charge is 0.366 e. The van der Waals surface area contributed by atoms with Gasteiger partial charge in [0.25, 0.3) is 0 Å². The molecule has 9 nitrogen and oxygen atoms in total. The van der Waals surface area contributed by atoms with Crippen molar-refractivity contribution in [2.75, 3.05) is 19.6 Å². The molecular weight excluding hydrogens is 408 g/mol. The number of piperazine rings is 1. The molecule has 3 aliphatic heterocycles. The molecule has 9 heteroatoms. The van der Waals surface area contributed by atoms with Gasteiger partial charge in [-0.05, 0) is 43.4 Å². The summed E-state index contributed by atoms with van der Waals surface area (Å²) in [5.41, 5.74) is 12.9. The van der Waals surface area contributed by atoms with Crippen LogP contribution in [-0.4, -0.2) is 76.2 Å². The number of carbonyl (C=O) groups excluding carboxylic acids is 3. The second-order valence-corrected chi connectivity index (χ2v) is 9.35. The summed E-state index contributed by atoms with van der Waals surface area (Å²) in [5.74, 6) is -0.369. The maximum Gasteiger partial charge on any atom is 0.248 e. The monoisotopic (exact) mass is 438 g/mol. The minimum absolute atomic E-state index is 0.0390. The van der Waals surface area contributed by atoms with Crippen LogP contribution in [0.3, 0.4) is 0 Å². The van der Waals surface area contributed by atoms with Gasteiger partial charge < -0.3 is 21.3 Å². The molecular formula is C23H30N6O3. The second kappa shape index (κ2) is 8.52. The quantitative estimate of drug-likeness (QED) is 0.652. The predicted octanol–water partition coefficient (Wildman–Crippen LogP) is 0.219. The molecule has 0 aromatic heterocycles. The number of likely N-dealkylation sites (tertiary alicyclic amines) is 3. The Hall–Kier alpha value is -2.96. The van der Waals surface area contributed by atoms with Crippen LogP contribution in [-0.2, 0) is 9.59 Å². The zero-order valence-electron chi connectivity index (χ0n) is 18.5. The van der Waals surface area contributed by atoms with Crippen molar-refractivity contribution in [1.29, 1.82) is 5.26 Å². The molecule has 3 aliphatic rings. The molecule has 3 fully saturated rings. The molecule has 0 spiro atoms. The number of hydrogen-bond donors (Lipinski definition) is 2. The average Bonchev–Trinajstić information content (AvgIpc) is 3.44. The molecule has 6 atom stereocenters. The van der Waals surface area contributed by atoms with Crippen molar-refractivity contribution in [2.45, 2.75) is 56.9 Å². The Morgan fingerprint density at radius 2 is 1.91 bits per heavy atom. The van der Waals surface area contributed by atoms with Gasteiger partial charge in [0.1, 0.15) is 6.04 Å². The Balaban J connectivity index is 1.39. The molecule has 3 amide bonds. The molecule has 0 aliphatic carbocycles. The van der Waals surface area contributed by atoms with Crippen molar-refractivity contribution >= 4 is 17.7 Å². The van der Waals surface area contributed by atoms with Crippen LogP contribution in [0.15, 0.2) is 24.3 Å². The summed E-state index contributed by atoms with van der Waals surface area (Å²) in [4.78, 5) is 42.8. The Morgan fingerprint density at radius 3 is 2.50 bits per heavy atom. The highest BCUT2D eigenvalue weighted by Gasteiger charge is 2.51. The van der Waals surface area contributed by atoms with E-state index in [1.54, 1.807) is 17.0 Å². The van der Waals surface area contributed by atoms with Crippen molar-refractivity contribution in [1.82, 2.24) is 14.7 Å². The maximum absolute atomic E-state index is 13.1. The van der Waals surface area contributed by atoms with E-state index in [0.29, 0.717) is 38.0 Å². The van der Waals surface area contributed by atoms with Gasteiger partial charge in [0.15, 0.2) is 0 Å². The zero-order valence-corrected chi connectivity index (χ0v) is 18.5. The number of rotatable bonds is 6. The van der Waals surface area contributed by atoms with Gasteiger partial charge in [0, 0.05) is 31.2 Å². The third kappa shape index (κ3) is 3.85. The Kier molecular flexibility index (Phi) is 5.93. The minimum Gasteiger partial charge on any atom is -0.366 e. The number of amides is 3. The summed E-state index contributed by atoms with van der Waals surface area (Å²) in [6.45, 7) is 5.53. The SMILES string of the molecule is CC1CC(C#N)N(C(=O)C(N)CN2C[C@@H]3CC2C(=O)N3C(C)c2ccc(C(N)=O)cc2)C1. The van der Waals surface area contributed by atoms with Gasteiger partial charge in [-0.2, -0.15) is 5.26 Å². The first kappa shape index (κ1) is 22.2. The van der Waals surface area contributed by atoms with E-state index in [9.17, 15) is 19.6 Å². The molecule has 32 heavy (non-hydrogen) atoms. The standard InChI is InChI=1S/C23H30N6O3/c1-13-7-17(9-24)28(10-13)22(31)19(25)12-27-11-18-8-20(27)23(32)29(18)14(2)15-3-5-16(6-4-15)21(26)30/h3-6,13-14,17-20H,7-8,10-12,25H2,1-2H3,(H2,26,30)/t13?,14?,17?,18-,19?,20?/m0/s1. The Labute approximate surface area is 187 Å². The lowest BCUT2D eigenvalue weighted by atomic mass is 10.0. The number of nitriles is 1. The fourth-order valence-corrected chi connectivity index (χ4v) is 5.44. The van der Waals surface area contributed by atoms with Gasteiger partial charge in [-0.3, -0.25) is 19.3 Å². The van der Waals surface area contributed by atoms with Crippen LogP contribution in [0.25, 0.3) is 0 Å². The van der Waals surface area contributed by atoms with E-state index in [2.05, 4.69) is 6.07 Å². The molecule has 170 valence electrons. The van der Waals surface area contributed by atoms with Crippen molar-refractivity contribution in [3.05, 3.63) is 35.4 Å². The molecule has 0 saturated carbocycles. The van der Waals surface area contributed by atoms with Gasteiger partial charge in [0.05, 0.1) is 24.2 Å². The molecule has 2 bridgehead atoms. The lowest BCUT2D eigenvalue weighted by molar-refractivity contribution is -0.141. The molecule has 1 aromatic carbocycles. The van der Waals surface area contributed by atoms with E-state index in [1.807, 2.05) is 35.8 Å². The molecule has 3 heterocycles. The van der Waals surface area contributed by atoms with Crippen LogP contribution in [0.1, 0.15) is 48.7 Å². The van der Waals surface area contributed by atoms with Crippen molar-refractivity contribution in [3.8, 4) is 6.07 Å². The topological polar surface area (TPSA) is 137 Å². The summed E-state index contributed by atoms with van der Waals surface area (Å²) >= 11 is 0. The third-order valence-corrected chi connectivity index (χ3v) is 7.10. The molecule has 4 N–H and O–H groups in total. The first-order chi connectivity index (χ1) is 15.2. The van der Waals surface area contributed by atoms with Gasteiger partial charge in [0.2, 0.25) is 17.7 Å². The number of primary amides is 1. The number of carbonyl (C=O) groups is 3. The van der Waals surface area contributed by atoms with Crippen LogP contribution < -0.4 is 11.5 Å². The summed E-state index contributed by atoms with van der Waals surface area (Å²) in [6.07, 6.45) is 1.39. The lowest BCUT2D eigenvalue weighted by Crippen LogP contribution is -2.56. The molecule has 3 saturated heterocycles. The number of fused-ring (bicyclic) bond motifs is 2.